The molecule has 1 unspecified atom stereocenters. The number of carbonyl (C=O) groups is 1. The van der Waals surface area contributed by atoms with E-state index in [-0.39, 0.29) is 5.56 Å². The van der Waals surface area contributed by atoms with Crippen LogP contribution in [0, 0.1) is 0 Å². The molecule has 0 aliphatic rings. The van der Waals surface area contributed by atoms with Crippen LogP contribution in [0.25, 0.3) is 0 Å². The zero-order valence-electron chi connectivity index (χ0n) is 10.3. The number of alkyl halides is 4. The number of ether oxygens (including phenoxy) is 1. The van der Waals surface area contributed by atoms with E-state index in [1.165, 1.54) is 12.1 Å². The number of phenolic OH excluding ortho intramolecular Hbond substituents is 1. The normalized spacial score (nSPS) is 13.8. The maximum absolute atomic E-state index is 13.0. The van der Waals surface area contributed by atoms with Crippen LogP contribution in [0.1, 0.15) is 16.8 Å². The first-order valence-corrected chi connectivity index (χ1v) is 6.52. The maximum Gasteiger partial charge on any atom is 0.406 e. The van der Waals surface area contributed by atoms with E-state index in [2.05, 4.69) is 4.74 Å². The number of aromatic hydroxyl groups is 1. The average molecular weight is 330 g/mol. The summed E-state index contributed by atoms with van der Waals surface area (Å²) in [6, 6.07) is 5.06. The lowest BCUT2D eigenvalue weighted by atomic mass is 10.2. The summed E-state index contributed by atoms with van der Waals surface area (Å²) in [6.07, 6.45) is -1.65. The molecule has 1 atom stereocenters. The Labute approximate surface area is 118 Å². The summed E-state index contributed by atoms with van der Waals surface area (Å²) in [5, 5.41) is 4.14. The summed E-state index contributed by atoms with van der Waals surface area (Å²) in [5.41, 5.74) is -0.321. The summed E-state index contributed by atoms with van der Waals surface area (Å²) >= 11 is -4.06. The third kappa shape index (κ3) is 3.91. The lowest BCUT2D eigenvalue weighted by molar-refractivity contribution is -0.165. The van der Waals surface area contributed by atoms with Crippen molar-refractivity contribution in [1.82, 2.24) is 0 Å². The SMILES string of the molecule is O=C(OCCC(F)(F)C(F)(F)S(=O)O)c1ccccc1O. The lowest BCUT2D eigenvalue weighted by Gasteiger charge is -2.23. The average Bonchev–Trinajstić information content (AvgIpc) is 2.38. The van der Waals surface area contributed by atoms with Gasteiger partial charge in [0.1, 0.15) is 11.3 Å². The van der Waals surface area contributed by atoms with Crippen LogP contribution in [0.15, 0.2) is 24.3 Å². The lowest BCUT2D eigenvalue weighted by Crippen LogP contribution is -2.44. The highest BCUT2D eigenvalue weighted by Crippen LogP contribution is 2.39. The minimum absolute atomic E-state index is 0.321. The minimum atomic E-state index is -5.16. The van der Waals surface area contributed by atoms with Crippen LogP contribution in [0.2, 0.25) is 0 Å². The third-order valence-corrected chi connectivity index (χ3v) is 3.16. The third-order valence-electron chi connectivity index (χ3n) is 2.42. The van der Waals surface area contributed by atoms with Gasteiger partial charge in [0.15, 0.2) is 0 Å². The van der Waals surface area contributed by atoms with Gasteiger partial charge in [0.2, 0.25) is 11.1 Å². The van der Waals surface area contributed by atoms with Crippen LogP contribution in [-0.4, -0.2) is 37.6 Å². The van der Waals surface area contributed by atoms with Crippen LogP contribution in [-0.2, 0) is 15.8 Å². The number of phenols is 1. The van der Waals surface area contributed by atoms with Gasteiger partial charge in [0.05, 0.1) is 13.0 Å². The number of rotatable bonds is 6. The number of hydrogen-bond acceptors (Lipinski definition) is 4. The van der Waals surface area contributed by atoms with Crippen molar-refractivity contribution in [2.75, 3.05) is 6.61 Å². The van der Waals surface area contributed by atoms with Crippen LogP contribution >= 0.6 is 0 Å². The monoisotopic (exact) mass is 330 g/mol. The van der Waals surface area contributed by atoms with E-state index in [4.69, 9.17) is 4.55 Å². The first kappa shape index (κ1) is 17.4. The fourth-order valence-electron chi connectivity index (χ4n) is 1.27. The second-order valence-electron chi connectivity index (χ2n) is 3.87. The zero-order valence-corrected chi connectivity index (χ0v) is 11.1. The van der Waals surface area contributed by atoms with Crippen LogP contribution in [0.3, 0.4) is 0 Å². The van der Waals surface area contributed by atoms with Gasteiger partial charge in [-0.3, -0.25) is 0 Å². The number of para-hydroxylation sites is 1. The van der Waals surface area contributed by atoms with Gasteiger partial charge in [-0.15, -0.1) is 0 Å². The molecule has 0 aromatic heterocycles. The molecule has 0 radical (unpaired) electrons. The molecule has 1 aromatic carbocycles. The molecule has 0 bridgehead atoms. The molecular weight excluding hydrogens is 320 g/mol. The van der Waals surface area contributed by atoms with Crippen molar-refractivity contribution >= 4 is 17.0 Å². The summed E-state index contributed by atoms with van der Waals surface area (Å²) in [5.74, 6) is -6.47. The Balaban J connectivity index is 2.63. The fraction of sp³-hybridized carbons (Fsp3) is 0.364. The quantitative estimate of drug-likeness (QED) is 0.475. The van der Waals surface area contributed by atoms with E-state index < -0.39 is 47.0 Å². The Kier molecular flexibility index (Phi) is 5.29. The molecular formula is C11H10F4O5S. The highest BCUT2D eigenvalue weighted by atomic mass is 32.2. The Bertz CT molecular complexity index is 549. The molecule has 1 rings (SSSR count). The Morgan fingerprint density at radius 3 is 2.33 bits per heavy atom. The first-order valence-electron chi connectivity index (χ1n) is 5.41. The topological polar surface area (TPSA) is 83.8 Å². The molecule has 0 saturated carbocycles. The van der Waals surface area contributed by atoms with Crippen molar-refractivity contribution in [3.8, 4) is 5.75 Å². The Morgan fingerprint density at radius 1 is 1.24 bits per heavy atom. The van der Waals surface area contributed by atoms with E-state index in [0.717, 1.165) is 12.1 Å². The van der Waals surface area contributed by atoms with E-state index in [0.29, 0.717) is 0 Å². The van der Waals surface area contributed by atoms with Gasteiger partial charge in [0.25, 0.3) is 0 Å². The second kappa shape index (κ2) is 6.39. The molecule has 0 heterocycles. The second-order valence-corrected chi connectivity index (χ2v) is 4.88. The number of esters is 1. The van der Waals surface area contributed by atoms with Gasteiger partial charge in [-0.25, -0.2) is 9.00 Å². The van der Waals surface area contributed by atoms with Crippen molar-refractivity contribution in [1.29, 1.82) is 0 Å². The summed E-state index contributed by atoms with van der Waals surface area (Å²) in [7, 11) is 0. The van der Waals surface area contributed by atoms with Crippen molar-refractivity contribution in [3.63, 3.8) is 0 Å². The molecule has 0 aliphatic carbocycles. The highest BCUT2D eigenvalue weighted by Gasteiger charge is 2.60. The van der Waals surface area contributed by atoms with Crippen molar-refractivity contribution < 1.29 is 41.0 Å². The zero-order chi connectivity index (χ0) is 16.3. The van der Waals surface area contributed by atoms with E-state index in [1.807, 2.05) is 0 Å². The predicted molar refractivity (Wildman–Crippen MR) is 63.7 cm³/mol. The Hall–Kier alpha value is -1.68. The predicted octanol–water partition coefficient (Wildman–Crippen LogP) is 2.39. The maximum atomic E-state index is 13.0. The van der Waals surface area contributed by atoms with E-state index >= 15 is 0 Å². The van der Waals surface area contributed by atoms with Crippen LogP contribution in [0.4, 0.5) is 17.6 Å². The van der Waals surface area contributed by atoms with Gasteiger partial charge >= 0.3 is 17.1 Å². The number of halogens is 4. The van der Waals surface area contributed by atoms with Gasteiger partial charge in [-0.2, -0.15) is 17.6 Å². The summed E-state index contributed by atoms with van der Waals surface area (Å²) in [6.45, 7) is -1.12. The van der Waals surface area contributed by atoms with Gasteiger partial charge in [-0.05, 0) is 12.1 Å². The fourth-order valence-corrected chi connectivity index (χ4v) is 1.63. The summed E-state index contributed by atoms with van der Waals surface area (Å²) < 4.78 is 74.2. The number of carbonyl (C=O) groups excluding carboxylic acids is 1. The minimum Gasteiger partial charge on any atom is -0.507 e. The van der Waals surface area contributed by atoms with Crippen molar-refractivity contribution in [2.24, 2.45) is 0 Å². The van der Waals surface area contributed by atoms with Gasteiger partial charge < -0.3 is 14.4 Å². The largest absolute Gasteiger partial charge is 0.507 e. The van der Waals surface area contributed by atoms with Crippen molar-refractivity contribution in [2.45, 2.75) is 17.6 Å². The Morgan fingerprint density at radius 2 is 1.81 bits per heavy atom. The number of hydrogen-bond donors (Lipinski definition) is 2. The molecule has 0 saturated heterocycles. The molecule has 21 heavy (non-hydrogen) atoms. The smallest absolute Gasteiger partial charge is 0.406 e. The van der Waals surface area contributed by atoms with Crippen LogP contribution < -0.4 is 0 Å². The van der Waals surface area contributed by atoms with Gasteiger partial charge in [-0.1, -0.05) is 12.1 Å². The highest BCUT2D eigenvalue weighted by molar-refractivity contribution is 7.80. The molecule has 5 nitrogen and oxygen atoms in total. The molecule has 0 aliphatic heterocycles. The molecule has 0 amide bonds. The van der Waals surface area contributed by atoms with Crippen LogP contribution in [0.5, 0.6) is 5.75 Å². The number of benzene rings is 1. The molecule has 0 fully saturated rings. The molecule has 0 spiro atoms. The first-order chi connectivity index (χ1) is 9.59. The summed E-state index contributed by atoms with van der Waals surface area (Å²) in [4.78, 5) is 11.4. The van der Waals surface area contributed by atoms with Crippen molar-refractivity contribution in [3.05, 3.63) is 29.8 Å². The molecule has 2 N–H and O–H groups in total. The molecule has 1 aromatic rings. The molecule has 118 valence electrons. The van der Waals surface area contributed by atoms with E-state index in [1.54, 1.807) is 0 Å². The van der Waals surface area contributed by atoms with Gasteiger partial charge in [0, 0.05) is 0 Å². The standard InChI is InChI=1S/C11H10F4O5S/c12-10(13,11(14,15)21(18)19)5-6-20-9(17)7-3-1-2-4-8(7)16/h1-4,16H,5-6H2,(H,18,19). The molecule has 10 heteroatoms. The van der Waals surface area contributed by atoms with E-state index in [9.17, 15) is 31.7 Å².